The number of ether oxygens (including phenoxy) is 1. The van der Waals surface area contributed by atoms with Crippen molar-refractivity contribution in [2.45, 2.75) is 33.1 Å². The molecule has 0 N–H and O–H groups in total. The van der Waals surface area contributed by atoms with Crippen LogP contribution in [0.15, 0.2) is 54.7 Å². The summed E-state index contributed by atoms with van der Waals surface area (Å²) in [7, 11) is 0. The van der Waals surface area contributed by atoms with E-state index in [1.807, 2.05) is 20.8 Å². The predicted octanol–water partition coefficient (Wildman–Crippen LogP) is 4.94. The first-order valence-electron chi connectivity index (χ1n) is 11.3. The van der Waals surface area contributed by atoms with E-state index in [0.29, 0.717) is 0 Å². The largest absolute Gasteiger partial charge is 0.755 e. The Morgan fingerprint density at radius 2 is 1.73 bits per heavy atom. The molecular formula is C26H23ClN3O6S-. The van der Waals surface area contributed by atoms with Gasteiger partial charge >= 0.3 is 5.97 Å². The van der Waals surface area contributed by atoms with Crippen LogP contribution in [-0.2, 0) is 21.4 Å². The van der Waals surface area contributed by atoms with Crippen LogP contribution in [0.5, 0.6) is 0 Å². The Balaban J connectivity index is 1.86. The average molecular weight is 541 g/mol. The van der Waals surface area contributed by atoms with Crippen LogP contribution in [0.4, 0.5) is 17.1 Å². The van der Waals surface area contributed by atoms with Crippen LogP contribution in [0.25, 0.3) is 0 Å². The first kappa shape index (κ1) is 26.5. The Morgan fingerprint density at radius 1 is 1.08 bits per heavy atom. The third-order valence-electron chi connectivity index (χ3n) is 5.80. The molecule has 0 saturated carbocycles. The van der Waals surface area contributed by atoms with Crippen molar-refractivity contribution in [1.29, 1.82) is 0 Å². The van der Waals surface area contributed by atoms with Crippen LogP contribution < -0.4 is 9.21 Å². The number of amides is 2. The number of fused-ring (bicyclic) bond motifs is 1. The monoisotopic (exact) mass is 540 g/mol. The van der Waals surface area contributed by atoms with E-state index in [4.69, 9.17) is 16.3 Å². The zero-order chi connectivity index (χ0) is 27.1. The molecule has 0 saturated heterocycles. The van der Waals surface area contributed by atoms with E-state index in [1.54, 1.807) is 31.2 Å². The van der Waals surface area contributed by atoms with Gasteiger partial charge in [0.1, 0.15) is 0 Å². The van der Waals surface area contributed by atoms with E-state index in [-0.39, 0.29) is 50.9 Å². The number of hydrogen-bond acceptors (Lipinski definition) is 7. The number of halogens is 1. The summed E-state index contributed by atoms with van der Waals surface area (Å²) in [6.45, 7) is 7.75. The van der Waals surface area contributed by atoms with Gasteiger partial charge in [0.25, 0.3) is 11.8 Å². The Kier molecular flexibility index (Phi) is 7.18. The van der Waals surface area contributed by atoms with Gasteiger partial charge in [-0.1, -0.05) is 44.5 Å². The fourth-order valence-corrected chi connectivity index (χ4v) is 4.88. The van der Waals surface area contributed by atoms with Gasteiger partial charge in [-0.15, -0.1) is 0 Å². The maximum atomic E-state index is 13.7. The van der Waals surface area contributed by atoms with Crippen molar-refractivity contribution in [3.8, 4) is 0 Å². The molecule has 1 aliphatic rings. The SMILES string of the molecule is CCOC(=O)c1ncccc1N1C(=O)c2c(Cl)ccc(N(c3ccc(C(C)(C)C)cc3)S(=O)[O-])c2C1=O. The minimum Gasteiger partial charge on any atom is -0.755 e. The number of aromatic nitrogens is 1. The third-order valence-corrected chi connectivity index (χ3v) is 6.82. The van der Waals surface area contributed by atoms with Gasteiger partial charge in [-0.2, -0.15) is 0 Å². The zero-order valence-electron chi connectivity index (χ0n) is 20.5. The van der Waals surface area contributed by atoms with Crippen LogP contribution in [0.1, 0.15) is 64.5 Å². The molecule has 1 unspecified atom stereocenters. The van der Waals surface area contributed by atoms with Crippen LogP contribution in [0.2, 0.25) is 5.02 Å². The zero-order valence-corrected chi connectivity index (χ0v) is 22.1. The van der Waals surface area contributed by atoms with Crippen LogP contribution in [0, 0.1) is 0 Å². The third kappa shape index (κ3) is 4.75. The number of pyridine rings is 1. The fraction of sp³-hybridized carbons (Fsp3) is 0.231. The van der Waals surface area contributed by atoms with Gasteiger partial charge in [-0.3, -0.25) is 18.1 Å². The lowest BCUT2D eigenvalue weighted by Crippen LogP contribution is -2.32. The summed E-state index contributed by atoms with van der Waals surface area (Å²) in [6, 6.07) is 12.4. The summed E-state index contributed by atoms with van der Waals surface area (Å²) in [5.41, 5.74) is 0.304. The molecule has 2 heterocycles. The molecule has 2 aromatic carbocycles. The van der Waals surface area contributed by atoms with Crippen molar-refractivity contribution in [1.82, 2.24) is 4.98 Å². The summed E-state index contributed by atoms with van der Waals surface area (Å²) in [4.78, 5) is 44.4. The molecule has 0 aliphatic carbocycles. The van der Waals surface area contributed by atoms with E-state index in [9.17, 15) is 23.1 Å². The summed E-state index contributed by atoms with van der Waals surface area (Å²) in [5, 5.41) is -0.0408. The summed E-state index contributed by atoms with van der Waals surface area (Å²) < 4.78 is 30.8. The summed E-state index contributed by atoms with van der Waals surface area (Å²) >= 11 is 3.47. The molecule has 0 spiro atoms. The second-order valence-electron chi connectivity index (χ2n) is 9.16. The van der Waals surface area contributed by atoms with E-state index < -0.39 is 29.1 Å². The first-order valence-corrected chi connectivity index (χ1v) is 12.7. The molecule has 1 aliphatic heterocycles. The van der Waals surface area contributed by atoms with Gasteiger partial charge in [0, 0.05) is 6.20 Å². The van der Waals surface area contributed by atoms with Gasteiger partial charge in [-0.25, -0.2) is 14.7 Å². The Morgan fingerprint density at radius 3 is 2.32 bits per heavy atom. The molecular weight excluding hydrogens is 518 g/mol. The number of benzene rings is 2. The van der Waals surface area contributed by atoms with Gasteiger partial charge in [0.05, 0.1) is 51.1 Å². The molecule has 3 aromatic rings. The lowest BCUT2D eigenvalue weighted by Gasteiger charge is -2.29. The molecule has 0 radical (unpaired) electrons. The van der Waals surface area contributed by atoms with Crippen molar-refractivity contribution < 1.29 is 27.9 Å². The second-order valence-corrected chi connectivity index (χ2v) is 10.4. The van der Waals surface area contributed by atoms with Crippen LogP contribution in [-0.4, -0.2) is 38.1 Å². The van der Waals surface area contributed by atoms with Gasteiger partial charge in [-0.05, 0) is 54.3 Å². The number of imide groups is 1. The van der Waals surface area contributed by atoms with Crippen LogP contribution in [0.3, 0.4) is 0 Å². The molecule has 0 bridgehead atoms. The number of rotatable bonds is 6. The first-order chi connectivity index (χ1) is 17.5. The second kappa shape index (κ2) is 10.0. The maximum absolute atomic E-state index is 13.7. The Labute approximate surface area is 221 Å². The highest BCUT2D eigenvalue weighted by Gasteiger charge is 2.43. The molecule has 37 heavy (non-hydrogen) atoms. The van der Waals surface area contributed by atoms with E-state index in [2.05, 4.69) is 4.98 Å². The molecule has 11 heteroatoms. The quantitative estimate of drug-likeness (QED) is 0.246. The summed E-state index contributed by atoms with van der Waals surface area (Å²) in [5.74, 6) is -2.48. The molecule has 4 rings (SSSR count). The lowest BCUT2D eigenvalue weighted by molar-refractivity contribution is 0.0520. The number of nitrogens with zero attached hydrogens (tertiary/aromatic N) is 3. The average Bonchev–Trinajstić information content (AvgIpc) is 3.11. The number of hydrogen-bond donors (Lipinski definition) is 0. The highest BCUT2D eigenvalue weighted by Crippen LogP contribution is 2.41. The number of carbonyl (C=O) groups excluding carboxylic acids is 3. The van der Waals surface area contributed by atoms with Gasteiger partial charge in [0.2, 0.25) is 0 Å². The molecule has 1 aromatic heterocycles. The van der Waals surface area contributed by atoms with Crippen molar-refractivity contribution in [3.05, 3.63) is 82.1 Å². The minimum absolute atomic E-state index is 0.0408. The lowest BCUT2D eigenvalue weighted by atomic mass is 9.87. The minimum atomic E-state index is -2.86. The van der Waals surface area contributed by atoms with E-state index in [0.717, 1.165) is 14.8 Å². The molecule has 1 atom stereocenters. The number of anilines is 3. The van der Waals surface area contributed by atoms with E-state index in [1.165, 1.54) is 30.5 Å². The molecule has 0 fully saturated rings. The standard InChI is InChI=1S/C26H24ClN3O6S/c1-5-36-25(33)22-19(7-6-14-28-22)29-23(31)20-17(27)12-13-18(21(20)24(29)32)30(37(34)35)16-10-8-15(9-11-16)26(2,3)4/h6-14H,5H2,1-4H3,(H,34,35)/p-1. The Bertz CT molecular complexity index is 1440. The van der Waals surface area contributed by atoms with E-state index >= 15 is 0 Å². The number of esters is 1. The van der Waals surface area contributed by atoms with Crippen molar-refractivity contribution in [3.63, 3.8) is 0 Å². The number of carbonyl (C=O) groups is 3. The maximum Gasteiger partial charge on any atom is 0.359 e. The highest BCUT2D eigenvalue weighted by molar-refractivity contribution is 7.81. The van der Waals surface area contributed by atoms with Crippen molar-refractivity contribution in [2.24, 2.45) is 0 Å². The smallest absolute Gasteiger partial charge is 0.359 e. The van der Waals surface area contributed by atoms with Gasteiger partial charge < -0.3 is 9.29 Å². The van der Waals surface area contributed by atoms with Crippen molar-refractivity contribution >= 4 is 57.7 Å². The predicted molar refractivity (Wildman–Crippen MR) is 139 cm³/mol. The van der Waals surface area contributed by atoms with Crippen LogP contribution >= 0.6 is 11.6 Å². The molecule has 9 nitrogen and oxygen atoms in total. The topological polar surface area (TPSA) is 120 Å². The normalized spacial score (nSPS) is 13.9. The molecule has 2 amide bonds. The highest BCUT2D eigenvalue weighted by atomic mass is 35.5. The van der Waals surface area contributed by atoms with Gasteiger partial charge in [0.15, 0.2) is 5.69 Å². The summed E-state index contributed by atoms with van der Waals surface area (Å²) in [6.07, 6.45) is 1.33. The fourth-order valence-electron chi connectivity index (χ4n) is 4.03. The Hall–Kier alpha value is -3.60. The van der Waals surface area contributed by atoms with Crippen molar-refractivity contribution in [2.75, 3.05) is 15.8 Å². The molecule has 192 valence electrons.